The van der Waals surface area contributed by atoms with Crippen LogP contribution in [0.3, 0.4) is 0 Å². The van der Waals surface area contributed by atoms with E-state index in [2.05, 4.69) is 5.32 Å². The quantitative estimate of drug-likeness (QED) is 0.809. The lowest BCUT2D eigenvalue weighted by Crippen LogP contribution is -2.44. The molecule has 1 fully saturated rings. The van der Waals surface area contributed by atoms with Crippen LogP contribution in [-0.2, 0) is 24.5 Å². The first-order chi connectivity index (χ1) is 13.9. The first kappa shape index (κ1) is 19.0. The number of para-hydroxylation sites is 1. The van der Waals surface area contributed by atoms with Crippen LogP contribution in [0.1, 0.15) is 30.5 Å². The number of benzene rings is 2. The van der Waals surface area contributed by atoms with Gasteiger partial charge in [0.1, 0.15) is 17.2 Å². The molecule has 7 heteroatoms. The van der Waals surface area contributed by atoms with Gasteiger partial charge in [-0.1, -0.05) is 30.3 Å². The minimum absolute atomic E-state index is 0.152. The second kappa shape index (κ2) is 6.92. The van der Waals surface area contributed by atoms with Crippen LogP contribution in [0.2, 0.25) is 0 Å². The van der Waals surface area contributed by atoms with E-state index in [1.807, 2.05) is 36.4 Å². The van der Waals surface area contributed by atoms with E-state index >= 15 is 0 Å². The van der Waals surface area contributed by atoms with Crippen LogP contribution in [0.5, 0.6) is 5.75 Å². The molecule has 1 spiro atoms. The van der Waals surface area contributed by atoms with Crippen LogP contribution >= 0.6 is 0 Å². The largest absolute Gasteiger partial charge is 0.497 e. The van der Waals surface area contributed by atoms with Gasteiger partial charge in [0, 0.05) is 12.6 Å². The van der Waals surface area contributed by atoms with Crippen molar-refractivity contribution in [3.8, 4) is 5.75 Å². The predicted molar refractivity (Wildman–Crippen MR) is 105 cm³/mol. The van der Waals surface area contributed by atoms with E-state index in [-0.39, 0.29) is 18.2 Å². The van der Waals surface area contributed by atoms with Gasteiger partial charge in [0.25, 0.3) is 0 Å². The van der Waals surface area contributed by atoms with Crippen molar-refractivity contribution in [1.29, 1.82) is 0 Å². The molecule has 4 rings (SSSR count). The molecule has 0 unspecified atom stereocenters. The van der Waals surface area contributed by atoms with E-state index in [4.69, 9.17) is 9.47 Å². The molecule has 0 aliphatic carbocycles. The SMILES string of the molecule is COC(=O)[C@@H]1C[C@]2(C(=O)Nc3ccccc32)[C@H](c2ccc(OC)cc2)N1C(C)=O. The van der Waals surface area contributed by atoms with Crippen molar-refractivity contribution in [1.82, 2.24) is 4.90 Å². The van der Waals surface area contributed by atoms with Crippen molar-refractivity contribution in [3.05, 3.63) is 59.7 Å². The summed E-state index contributed by atoms with van der Waals surface area (Å²) >= 11 is 0. The summed E-state index contributed by atoms with van der Waals surface area (Å²) in [7, 11) is 2.86. The Morgan fingerprint density at radius 3 is 2.41 bits per heavy atom. The highest BCUT2D eigenvalue weighted by Crippen LogP contribution is 2.57. The Balaban J connectivity index is 1.96. The molecule has 0 bridgehead atoms. The van der Waals surface area contributed by atoms with Crippen molar-refractivity contribution in [2.45, 2.75) is 30.8 Å². The van der Waals surface area contributed by atoms with Gasteiger partial charge in [0.2, 0.25) is 11.8 Å². The second-order valence-corrected chi connectivity index (χ2v) is 7.32. The summed E-state index contributed by atoms with van der Waals surface area (Å²) in [4.78, 5) is 40.1. The average Bonchev–Trinajstić information content (AvgIpc) is 3.24. The van der Waals surface area contributed by atoms with E-state index in [0.717, 1.165) is 11.1 Å². The van der Waals surface area contributed by atoms with Crippen molar-refractivity contribution < 1.29 is 23.9 Å². The highest BCUT2D eigenvalue weighted by Gasteiger charge is 2.63. The number of hydrogen-bond donors (Lipinski definition) is 1. The normalized spacial score (nSPS) is 24.9. The van der Waals surface area contributed by atoms with Gasteiger partial charge < -0.3 is 19.7 Å². The maximum absolute atomic E-state index is 13.4. The van der Waals surface area contributed by atoms with Crippen molar-refractivity contribution in [3.63, 3.8) is 0 Å². The minimum Gasteiger partial charge on any atom is -0.497 e. The number of fused-ring (bicyclic) bond motifs is 2. The van der Waals surface area contributed by atoms with Crippen LogP contribution in [-0.4, -0.2) is 42.9 Å². The summed E-state index contributed by atoms with van der Waals surface area (Å²) in [6, 6.07) is 13.1. The van der Waals surface area contributed by atoms with Gasteiger partial charge in [-0.05, 0) is 35.7 Å². The van der Waals surface area contributed by atoms with Gasteiger partial charge in [0.15, 0.2) is 0 Å². The number of anilines is 1. The number of nitrogens with zero attached hydrogens (tertiary/aromatic N) is 1. The third-order valence-electron chi connectivity index (χ3n) is 5.93. The highest BCUT2D eigenvalue weighted by molar-refractivity contribution is 6.08. The number of rotatable bonds is 3. The first-order valence-electron chi connectivity index (χ1n) is 9.35. The predicted octanol–water partition coefficient (Wildman–Crippen LogP) is 2.42. The number of carbonyl (C=O) groups excluding carboxylic acids is 3. The number of carbonyl (C=O) groups is 3. The highest BCUT2D eigenvalue weighted by atomic mass is 16.5. The number of nitrogens with one attached hydrogen (secondary N) is 1. The van der Waals surface area contributed by atoms with Gasteiger partial charge in [-0.3, -0.25) is 9.59 Å². The molecule has 2 aromatic carbocycles. The Morgan fingerprint density at radius 2 is 1.79 bits per heavy atom. The van der Waals surface area contributed by atoms with E-state index in [1.54, 1.807) is 19.2 Å². The van der Waals surface area contributed by atoms with Gasteiger partial charge in [-0.2, -0.15) is 0 Å². The Labute approximate surface area is 168 Å². The lowest BCUT2D eigenvalue weighted by atomic mass is 9.72. The number of ether oxygens (including phenoxy) is 2. The molecule has 0 saturated carbocycles. The number of amides is 2. The summed E-state index contributed by atoms with van der Waals surface area (Å²) in [6.45, 7) is 1.41. The molecule has 2 aliphatic rings. The number of hydrogen-bond acceptors (Lipinski definition) is 5. The summed E-state index contributed by atoms with van der Waals surface area (Å²) in [5.41, 5.74) is 1.14. The molecule has 150 valence electrons. The third kappa shape index (κ3) is 2.68. The lowest BCUT2D eigenvalue weighted by molar-refractivity contribution is -0.151. The van der Waals surface area contributed by atoms with Crippen molar-refractivity contribution in [2.24, 2.45) is 0 Å². The van der Waals surface area contributed by atoms with E-state index in [1.165, 1.54) is 18.9 Å². The topological polar surface area (TPSA) is 84.9 Å². The summed E-state index contributed by atoms with van der Waals surface area (Å²) in [6.07, 6.45) is 0.152. The van der Waals surface area contributed by atoms with Crippen molar-refractivity contribution in [2.75, 3.05) is 19.5 Å². The van der Waals surface area contributed by atoms with Gasteiger partial charge >= 0.3 is 5.97 Å². The van der Waals surface area contributed by atoms with Crippen molar-refractivity contribution >= 4 is 23.5 Å². The van der Waals surface area contributed by atoms with Crippen LogP contribution in [0.25, 0.3) is 0 Å². The zero-order valence-electron chi connectivity index (χ0n) is 16.5. The maximum Gasteiger partial charge on any atom is 0.328 e. The molecule has 0 radical (unpaired) electrons. The van der Waals surface area contributed by atoms with Crippen LogP contribution in [0.15, 0.2) is 48.5 Å². The molecular formula is C22H22N2O5. The van der Waals surface area contributed by atoms with E-state index in [9.17, 15) is 14.4 Å². The number of likely N-dealkylation sites (tertiary alicyclic amines) is 1. The van der Waals surface area contributed by atoms with Crippen LogP contribution in [0, 0.1) is 0 Å². The standard InChI is InChI=1S/C22H22N2O5/c1-13(25)24-18(20(26)29-3)12-22(16-6-4-5-7-17(16)23-21(22)27)19(24)14-8-10-15(28-2)11-9-14/h4-11,18-19H,12H2,1-3H3,(H,23,27)/t18-,19-,22+/m0/s1. The smallest absolute Gasteiger partial charge is 0.328 e. The fourth-order valence-electron chi connectivity index (χ4n) is 4.71. The zero-order chi connectivity index (χ0) is 20.8. The second-order valence-electron chi connectivity index (χ2n) is 7.32. The van der Waals surface area contributed by atoms with Gasteiger partial charge in [-0.15, -0.1) is 0 Å². The Kier molecular flexibility index (Phi) is 4.53. The zero-order valence-corrected chi connectivity index (χ0v) is 16.5. The summed E-state index contributed by atoms with van der Waals surface area (Å²) in [5.74, 6) is -0.392. The molecule has 1 N–H and O–H groups in total. The molecule has 2 heterocycles. The molecule has 0 aromatic heterocycles. The molecule has 2 aromatic rings. The third-order valence-corrected chi connectivity index (χ3v) is 5.93. The average molecular weight is 394 g/mol. The van der Waals surface area contributed by atoms with Crippen LogP contribution < -0.4 is 10.1 Å². The Bertz CT molecular complexity index is 987. The molecule has 7 nitrogen and oxygen atoms in total. The van der Waals surface area contributed by atoms with Gasteiger partial charge in [-0.25, -0.2) is 4.79 Å². The van der Waals surface area contributed by atoms with E-state index in [0.29, 0.717) is 11.4 Å². The minimum atomic E-state index is -1.09. The number of methoxy groups -OCH3 is 2. The summed E-state index contributed by atoms with van der Waals surface area (Å²) in [5, 5.41) is 2.94. The molecular weight excluding hydrogens is 372 g/mol. The fourth-order valence-corrected chi connectivity index (χ4v) is 4.71. The molecule has 2 aliphatic heterocycles. The molecule has 3 atom stereocenters. The summed E-state index contributed by atoms with van der Waals surface area (Å²) < 4.78 is 10.2. The van der Waals surface area contributed by atoms with Crippen LogP contribution in [0.4, 0.5) is 5.69 Å². The molecule has 2 amide bonds. The number of esters is 1. The first-order valence-corrected chi connectivity index (χ1v) is 9.35. The lowest BCUT2D eigenvalue weighted by Gasteiger charge is -2.34. The maximum atomic E-state index is 13.4. The van der Waals surface area contributed by atoms with E-state index < -0.39 is 23.5 Å². The molecule has 1 saturated heterocycles. The Hall–Kier alpha value is -3.35. The fraction of sp³-hybridized carbons (Fsp3) is 0.318. The molecule has 29 heavy (non-hydrogen) atoms. The monoisotopic (exact) mass is 394 g/mol. The Morgan fingerprint density at radius 1 is 1.10 bits per heavy atom. The van der Waals surface area contributed by atoms with Gasteiger partial charge in [0.05, 0.1) is 20.3 Å².